The second-order valence-electron chi connectivity index (χ2n) is 5.17. The van der Waals surface area contributed by atoms with Crippen molar-refractivity contribution < 1.29 is 4.74 Å². The third-order valence-electron chi connectivity index (χ3n) is 3.44. The molecule has 0 saturated carbocycles. The normalized spacial score (nSPS) is 11.2. The van der Waals surface area contributed by atoms with Crippen molar-refractivity contribution in [3.63, 3.8) is 0 Å². The summed E-state index contributed by atoms with van der Waals surface area (Å²) < 4.78 is 5.21. The van der Waals surface area contributed by atoms with E-state index in [9.17, 15) is 4.79 Å². The summed E-state index contributed by atoms with van der Waals surface area (Å²) in [6.45, 7) is 4.16. The Morgan fingerprint density at radius 2 is 2.14 bits per heavy atom. The van der Waals surface area contributed by atoms with Crippen molar-refractivity contribution in [2.45, 2.75) is 19.8 Å². The number of aromatic amines is 1. The van der Waals surface area contributed by atoms with Gasteiger partial charge in [-0.05, 0) is 29.0 Å². The minimum Gasteiger partial charge on any atom is -0.497 e. The lowest BCUT2D eigenvalue weighted by Crippen LogP contribution is -2.10. The topological polar surface area (TPSA) is 55.0 Å². The summed E-state index contributed by atoms with van der Waals surface area (Å²) in [5.41, 5.74) is 1.82. The Labute approximate surface area is 126 Å². The standard InChI is InChI=1S/C16H16N2O2S/c1-9(2)12-8-21-16-13(12)15(19)17-14(18-16)10-5-4-6-11(7-10)20-3/h4-9H,1-3H3,(H,17,18,19). The van der Waals surface area contributed by atoms with E-state index in [4.69, 9.17) is 4.74 Å². The van der Waals surface area contributed by atoms with E-state index in [0.29, 0.717) is 17.1 Å². The molecule has 0 radical (unpaired) electrons. The van der Waals surface area contributed by atoms with Crippen molar-refractivity contribution in [2.75, 3.05) is 7.11 Å². The molecule has 5 heteroatoms. The zero-order valence-corrected chi connectivity index (χ0v) is 13.0. The van der Waals surface area contributed by atoms with Gasteiger partial charge in [-0.15, -0.1) is 11.3 Å². The molecular formula is C16H16N2O2S. The monoisotopic (exact) mass is 300 g/mol. The zero-order valence-electron chi connectivity index (χ0n) is 12.1. The molecule has 2 heterocycles. The van der Waals surface area contributed by atoms with Crippen LogP contribution >= 0.6 is 11.3 Å². The van der Waals surface area contributed by atoms with Crippen LogP contribution in [0.15, 0.2) is 34.4 Å². The van der Waals surface area contributed by atoms with Crippen molar-refractivity contribution in [1.82, 2.24) is 9.97 Å². The van der Waals surface area contributed by atoms with Crippen LogP contribution in [0.5, 0.6) is 5.75 Å². The van der Waals surface area contributed by atoms with E-state index in [0.717, 1.165) is 21.7 Å². The molecule has 4 nitrogen and oxygen atoms in total. The second kappa shape index (κ2) is 5.33. The van der Waals surface area contributed by atoms with Crippen LogP contribution < -0.4 is 10.3 Å². The fraction of sp³-hybridized carbons (Fsp3) is 0.250. The third-order valence-corrected chi connectivity index (χ3v) is 4.33. The van der Waals surface area contributed by atoms with Gasteiger partial charge in [0.25, 0.3) is 5.56 Å². The zero-order chi connectivity index (χ0) is 15.0. The van der Waals surface area contributed by atoms with Crippen LogP contribution in [-0.4, -0.2) is 17.1 Å². The number of benzene rings is 1. The van der Waals surface area contributed by atoms with Crippen LogP contribution in [0.3, 0.4) is 0 Å². The highest BCUT2D eigenvalue weighted by Crippen LogP contribution is 2.29. The molecule has 3 rings (SSSR count). The van der Waals surface area contributed by atoms with E-state index >= 15 is 0 Å². The average Bonchev–Trinajstić information content (AvgIpc) is 2.92. The highest BCUT2D eigenvalue weighted by molar-refractivity contribution is 7.16. The van der Waals surface area contributed by atoms with E-state index in [-0.39, 0.29) is 5.56 Å². The number of methoxy groups -OCH3 is 1. The van der Waals surface area contributed by atoms with Gasteiger partial charge in [0.15, 0.2) is 0 Å². The molecule has 0 bridgehead atoms. The molecule has 1 aromatic carbocycles. The van der Waals surface area contributed by atoms with Crippen LogP contribution in [0.2, 0.25) is 0 Å². The van der Waals surface area contributed by atoms with Crippen molar-refractivity contribution in [3.8, 4) is 17.1 Å². The highest BCUT2D eigenvalue weighted by Gasteiger charge is 2.14. The van der Waals surface area contributed by atoms with Crippen LogP contribution in [-0.2, 0) is 0 Å². The number of H-pyrrole nitrogens is 1. The van der Waals surface area contributed by atoms with E-state index in [1.54, 1.807) is 7.11 Å². The maximum atomic E-state index is 12.4. The Bertz CT molecular complexity index is 849. The van der Waals surface area contributed by atoms with Crippen LogP contribution in [0, 0.1) is 0 Å². The molecule has 108 valence electrons. The lowest BCUT2D eigenvalue weighted by atomic mass is 10.0. The van der Waals surface area contributed by atoms with Gasteiger partial charge in [-0.2, -0.15) is 0 Å². The number of fused-ring (bicyclic) bond motifs is 1. The number of hydrogen-bond donors (Lipinski definition) is 1. The first-order valence-corrected chi connectivity index (χ1v) is 7.64. The fourth-order valence-corrected chi connectivity index (χ4v) is 3.40. The summed E-state index contributed by atoms with van der Waals surface area (Å²) in [6.07, 6.45) is 0. The van der Waals surface area contributed by atoms with Crippen molar-refractivity contribution in [1.29, 1.82) is 0 Å². The summed E-state index contributed by atoms with van der Waals surface area (Å²) in [5.74, 6) is 1.62. The first-order valence-electron chi connectivity index (χ1n) is 6.76. The lowest BCUT2D eigenvalue weighted by molar-refractivity contribution is 0.415. The minimum absolute atomic E-state index is 0.0808. The Hall–Kier alpha value is -2.14. The molecule has 0 fully saturated rings. The number of ether oxygens (including phenoxy) is 1. The van der Waals surface area contributed by atoms with Gasteiger partial charge < -0.3 is 9.72 Å². The molecule has 21 heavy (non-hydrogen) atoms. The van der Waals surface area contributed by atoms with Gasteiger partial charge in [-0.25, -0.2) is 4.98 Å². The molecule has 3 aromatic rings. The van der Waals surface area contributed by atoms with Crippen molar-refractivity contribution >= 4 is 21.6 Å². The van der Waals surface area contributed by atoms with Gasteiger partial charge in [-0.1, -0.05) is 26.0 Å². The van der Waals surface area contributed by atoms with E-state index in [2.05, 4.69) is 23.8 Å². The molecule has 2 aromatic heterocycles. The van der Waals surface area contributed by atoms with E-state index < -0.39 is 0 Å². The van der Waals surface area contributed by atoms with Crippen LogP contribution in [0.1, 0.15) is 25.3 Å². The van der Waals surface area contributed by atoms with Gasteiger partial charge in [0.2, 0.25) is 0 Å². The molecule has 0 aliphatic rings. The minimum atomic E-state index is -0.0808. The smallest absolute Gasteiger partial charge is 0.260 e. The molecule has 0 saturated heterocycles. The number of hydrogen-bond acceptors (Lipinski definition) is 4. The predicted molar refractivity (Wildman–Crippen MR) is 86.3 cm³/mol. The second-order valence-corrected chi connectivity index (χ2v) is 6.03. The third kappa shape index (κ3) is 2.45. The Morgan fingerprint density at radius 1 is 1.33 bits per heavy atom. The summed E-state index contributed by atoms with van der Waals surface area (Å²) in [6, 6.07) is 7.51. The molecule has 0 unspecified atom stereocenters. The SMILES string of the molecule is COc1cccc(-c2nc3scc(C(C)C)c3c(=O)[nH]2)c1. The van der Waals surface area contributed by atoms with Crippen LogP contribution in [0.4, 0.5) is 0 Å². The van der Waals surface area contributed by atoms with Gasteiger partial charge >= 0.3 is 0 Å². The van der Waals surface area contributed by atoms with Gasteiger partial charge in [0, 0.05) is 5.56 Å². The number of nitrogens with zero attached hydrogens (tertiary/aromatic N) is 1. The molecule has 0 aliphatic carbocycles. The molecule has 0 atom stereocenters. The number of aromatic nitrogens is 2. The fourth-order valence-electron chi connectivity index (χ4n) is 2.30. The summed E-state index contributed by atoms with van der Waals surface area (Å²) >= 11 is 1.51. The molecule has 0 amide bonds. The average molecular weight is 300 g/mol. The van der Waals surface area contributed by atoms with E-state index in [1.807, 2.05) is 29.6 Å². The molecule has 0 aliphatic heterocycles. The number of thiophene rings is 1. The predicted octanol–water partition coefficient (Wildman–Crippen LogP) is 3.78. The van der Waals surface area contributed by atoms with E-state index in [1.165, 1.54) is 11.3 Å². The van der Waals surface area contributed by atoms with Crippen LogP contribution in [0.25, 0.3) is 21.6 Å². The quantitative estimate of drug-likeness (QED) is 0.800. The maximum absolute atomic E-state index is 12.4. The van der Waals surface area contributed by atoms with Crippen molar-refractivity contribution in [2.24, 2.45) is 0 Å². The van der Waals surface area contributed by atoms with Gasteiger partial charge in [0.05, 0.1) is 12.5 Å². The lowest BCUT2D eigenvalue weighted by Gasteiger charge is -2.05. The molecular weight excluding hydrogens is 284 g/mol. The maximum Gasteiger partial charge on any atom is 0.260 e. The largest absolute Gasteiger partial charge is 0.497 e. The molecule has 0 spiro atoms. The first kappa shape index (κ1) is 13.8. The summed E-state index contributed by atoms with van der Waals surface area (Å²) in [5, 5.41) is 2.73. The molecule has 1 N–H and O–H groups in total. The van der Waals surface area contributed by atoms with Gasteiger partial charge in [-0.3, -0.25) is 4.79 Å². The first-order chi connectivity index (χ1) is 10.1. The van der Waals surface area contributed by atoms with Crippen molar-refractivity contribution in [3.05, 3.63) is 45.6 Å². The number of nitrogens with one attached hydrogen (secondary N) is 1. The van der Waals surface area contributed by atoms with Gasteiger partial charge in [0.1, 0.15) is 16.4 Å². The Kier molecular flexibility index (Phi) is 3.51. The highest BCUT2D eigenvalue weighted by atomic mass is 32.1. The summed E-state index contributed by atoms with van der Waals surface area (Å²) in [7, 11) is 1.62. The Morgan fingerprint density at radius 3 is 2.86 bits per heavy atom. The summed E-state index contributed by atoms with van der Waals surface area (Å²) in [4.78, 5) is 20.6. The number of rotatable bonds is 3. The Balaban J connectivity index is 2.19.